The minimum atomic E-state index is -0.222. The summed E-state index contributed by atoms with van der Waals surface area (Å²) in [6.07, 6.45) is 5.74. The zero-order chi connectivity index (χ0) is 9.10. The number of aliphatic hydroxyl groups is 1. The summed E-state index contributed by atoms with van der Waals surface area (Å²) in [4.78, 5) is 0. The monoisotopic (exact) mass is 174 g/mol. The smallest absolute Gasteiger partial charge is 0.0721 e. The van der Waals surface area contributed by atoms with E-state index in [1.165, 1.54) is 5.56 Å². The van der Waals surface area contributed by atoms with Gasteiger partial charge in [-0.15, -0.1) is 0 Å². The second kappa shape index (κ2) is 3.75. The molecule has 1 N–H and O–H groups in total. The molecule has 0 unspecified atom stereocenters. The third-order valence-corrected chi connectivity index (χ3v) is 2.57. The van der Waals surface area contributed by atoms with Crippen LogP contribution in [0.15, 0.2) is 42.5 Å². The SMILES string of the molecule is O[C@H]1C=C[C@H](c2ccccc2)CC1. The Morgan fingerprint density at radius 3 is 2.38 bits per heavy atom. The fraction of sp³-hybridized carbons (Fsp3) is 0.333. The van der Waals surface area contributed by atoms with Crippen LogP contribution in [0, 0.1) is 0 Å². The molecule has 1 aliphatic carbocycles. The van der Waals surface area contributed by atoms with Crippen molar-refractivity contribution in [1.82, 2.24) is 0 Å². The maximum Gasteiger partial charge on any atom is 0.0721 e. The normalized spacial score (nSPS) is 27.5. The topological polar surface area (TPSA) is 20.2 Å². The molecule has 0 aliphatic heterocycles. The lowest BCUT2D eigenvalue weighted by molar-refractivity contribution is 0.201. The molecular formula is C12H14O. The lowest BCUT2D eigenvalue weighted by Crippen LogP contribution is -2.10. The molecule has 0 saturated heterocycles. The minimum Gasteiger partial charge on any atom is -0.389 e. The molecule has 0 spiro atoms. The lowest BCUT2D eigenvalue weighted by Gasteiger charge is -2.19. The second-order valence-corrected chi connectivity index (χ2v) is 3.55. The van der Waals surface area contributed by atoms with Crippen LogP contribution < -0.4 is 0 Å². The lowest BCUT2D eigenvalue weighted by atomic mass is 9.88. The molecule has 1 aromatic carbocycles. The molecule has 1 aliphatic rings. The molecule has 1 heteroatoms. The summed E-state index contributed by atoms with van der Waals surface area (Å²) >= 11 is 0. The van der Waals surface area contributed by atoms with Crippen LogP contribution in [0.4, 0.5) is 0 Å². The van der Waals surface area contributed by atoms with Crippen LogP contribution in [0.3, 0.4) is 0 Å². The predicted octanol–water partition coefficient (Wildman–Crippen LogP) is 2.48. The van der Waals surface area contributed by atoms with Gasteiger partial charge in [0.25, 0.3) is 0 Å². The predicted molar refractivity (Wildman–Crippen MR) is 53.6 cm³/mol. The summed E-state index contributed by atoms with van der Waals surface area (Å²) < 4.78 is 0. The highest BCUT2D eigenvalue weighted by Gasteiger charge is 2.14. The molecule has 1 aromatic rings. The first-order chi connectivity index (χ1) is 6.36. The highest BCUT2D eigenvalue weighted by atomic mass is 16.3. The van der Waals surface area contributed by atoms with E-state index in [1.54, 1.807) is 0 Å². The maximum atomic E-state index is 9.29. The number of rotatable bonds is 1. The first kappa shape index (κ1) is 8.52. The Hall–Kier alpha value is -1.08. The average molecular weight is 174 g/mol. The molecule has 0 amide bonds. The average Bonchev–Trinajstić information content (AvgIpc) is 2.20. The first-order valence-corrected chi connectivity index (χ1v) is 4.77. The second-order valence-electron chi connectivity index (χ2n) is 3.55. The third kappa shape index (κ3) is 1.99. The van der Waals surface area contributed by atoms with E-state index in [-0.39, 0.29) is 6.10 Å². The zero-order valence-electron chi connectivity index (χ0n) is 7.56. The fourth-order valence-electron chi connectivity index (χ4n) is 1.78. The van der Waals surface area contributed by atoms with Crippen molar-refractivity contribution in [2.45, 2.75) is 24.9 Å². The van der Waals surface area contributed by atoms with Crippen LogP contribution in [0.1, 0.15) is 24.3 Å². The molecule has 13 heavy (non-hydrogen) atoms. The number of allylic oxidation sites excluding steroid dienone is 1. The van der Waals surface area contributed by atoms with E-state index in [0.717, 1.165) is 12.8 Å². The molecule has 2 atom stereocenters. The molecule has 2 rings (SSSR count). The summed E-state index contributed by atoms with van der Waals surface area (Å²) in [5.74, 6) is 0.504. The Bertz CT molecular complexity index is 289. The summed E-state index contributed by atoms with van der Waals surface area (Å²) in [6.45, 7) is 0. The van der Waals surface area contributed by atoms with Gasteiger partial charge in [0, 0.05) is 5.92 Å². The molecule has 0 radical (unpaired) electrons. The van der Waals surface area contributed by atoms with Crippen molar-refractivity contribution in [2.24, 2.45) is 0 Å². The maximum absolute atomic E-state index is 9.29. The Morgan fingerprint density at radius 1 is 1.00 bits per heavy atom. The Kier molecular flexibility index (Phi) is 2.46. The van der Waals surface area contributed by atoms with Crippen LogP contribution in [-0.2, 0) is 0 Å². The quantitative estimate of drug-likeness (QED) is 0.648. The highest BCUT2D eigenvalue weighted by molar-refractivity contribution is 5.25. The van der Waals surface area contributed by atoms with Gasteiger partial charge in [-0.25, -0.2) is 0 Å². The summed E-state index contributed by atoms with van der Waals surface area (Å²) in [6, 6.07) is 10.5. The number of hydrogen-bond acceptors (Lipinski definition) is 1. The standard InChI is InChI=1S/C12H14O/c13-12-8-6-11(7-9-12)10-4-2-1-3-5-10/h1-6,8,11-13H,7,9H2/t11-,12-/m0/s1. The zero-order valence-corrected chi connectivity index (χ0v) is 7.56. The van der Waals surface area contributed by atoms with Crippen molar-refractivity contribution < 1.29 is 5.11 Å². The van der Waals surface area contributed by atoms with Gasteiger partial charge >= 0.3 is 0 Å². The van der Waals surface area contributed by atoms with Crippen molar-refractivity contribution in [3.8, 4) is 0 Å². The van der Waals surface area contributed by atoms with Crippen LogP contribution in [0.2, 0.25) is 0 Å². The van der Waals surface area contributed by atoms with Gasteiger partial charge in [-0.2, -0.15) is 0 Å². The van der Waals surface area contributed by atoms with Gasteiger partial charge in [0.15, 0.2) is 0 Å². The third-order valence-electron chi connectivity index (χ3n) is 2.57. The van der Waals surface area contributed by atoms with Crippen LogP contribution in [-0.4, -0.2) is 11.2 Å². The van der Waals surface area contributed by atoms with Gasteiger partial charge in [-0.05, 0) is 18.4 Å². The Balaban J connectivity index is 2.15. The van der Waals surface area contributed by atoms with Gasteiger partial charge < -0.3 is 5.11 Å². The molecule has 0 fully saturated rings. The van der Waals surface area contributed by atoms with Crippen LogP contribution in [0.5, 0.6) is 0 Å². The molecule has 1 nitrogen and oxygen atoms in total. The van der Waals surface area contributed by atoms with E-state index in [0.29, 0.717) is 5.92 Å². The summed E-state index contributed by atoms with van der Waals surface area (Å²) in [5.41, 5.74) is 1.35. The molecule has 0 aromatic heterocycles. The van der Waals surface area contributed by atoms with E-state index < -0.39 is 0 Å². The number of benzene rings is 1. The minimum absolute atomic E-state index is 0.222. The highest BCUT2D eigenvalue weighted by Crippen LogP contribution is 2.27. The van der Waals surface area contributed by atoms with Gasteiger partial charge in [-0.1, -0.05) is 42.5 Å². The van der Waals surface area contributed by atoms with Crippen molar-refractivity contribution in [3.63, 3.8) is 0 Å². The van der Waals surface area contributed by atoms with E-state index in [9.17, 15) is 5.11 Å². The van der Waals surface area contributed by atoms with Gasteiger partial charge in [0.05, 0.1) is 6.10 Å². The van der Waals surface area contributed by atoms with Crippen LogP contribution in [0.25, 0.3) is 0 Å². The van der Waals surface area contributed by atoms with Gasteiger partial charge in [0.1, 0.15) is 0 Å². The molecule has 0 bridgehead atoms. The molecule has 0 saturated carbocycles. The van der Waals surface area contributed by atoms with E-state index >= 15 is 0 Å². The summed E-state index contributed by atoms with van der Waals surface area (Å²) in [5, 5.41) is 9.29. The largest absolute Gasteiger partial charge is 0.389 e. The van der Waals surface area contributed by atoms with Gasteiger partial charge in [0.2, 0.25) is 0 Å². The number of aliphatic hydroxyl groups excluding tert-OH is 1. The molecule has 0 heterocycles. The van der Waals surface area contributed by atoms with E-state index in [4.69, 9.17) is 0 Å². The van der Waals surface area contributed by atoms with Crippen molar-refractivity contribution >= 4 is 0 Å². The summed E-state index contributed by atoms with van der Waals surface area (Å²) in [7, 11) is 0. The van der Waals surface area contributed by atoms with E-state index in [2.05, 4.69) is 30.3 Å². The first-order valence-electron chi connectivity index (χ1n) is 4.77. The van der Waals surface area contributed by atoms with Crippen LogP contribution >= 0.6 is 0 Å². The Morgan fingerprint density at radius 2 is 1.77 bits per heavy atom. The van der Waals surface area contributed by atoms with Gasteiger partial charge in [-0.3, -0.25) is 0 Å². The molecular weight excluding hydrogens is 160 g/mol. The number of hydrogen-bond donors (Lipinski definition) is 1. The van der Waals surface area contributed by atoms with Crippen molar-refractivity contribution in [2.75, 3.05) is 0 Å². The fourth-order valence-corrected chi connectivity index (χ4v) is 1.78. The Labute approximate surface area is 78.7 Å². The van der Waals surface area contributed by atoms with E-state index in [1.807, 2.05) is 12.1 Å². The van der Waals surface area contributed by atoms with Crippen molar-refractivity contribution in [1.29, 1.82) is 0 Å². The van der Waals surface area contributed by atoms with Crippen molar-refractivity contribution in [3.05, 3.63) is 48.0 Å². The molecule has 68 valence electrons.